The van der Waals surface area contributed by atoms with Crippen LogP contribution in [0.2, 0.25) is 0 Å². The summed E-state index contributed by atoms with van der Waals surface area (Å²) in [6.45, 7) is 2.04. The molecule has 0 saturated heterocycles. The number of carbonyl (C=O) groups is 1. The van der Waals surface area contributed by atoms with Crippen molar-refractivity contribution in [2.75, 3.05) is 6.61 Å². The highest BCUT2D eigenvalue weighted by Gasteiger charge is 2.10. The molecule has 2 aromatic rings. The molecule has 0 unspecified atom stereocenters. The number of H-pyrrole nitrogens is 1. The van der Waals surface area contributed by atoms with Crippen molar-refractivity contribution < 1.29 is 9.53 Å². The van der Waals surface area contributed by atoms with Crippen molar-refractivity contribution in [3.63, 3.8) is 0 Å². The number of nitrogens with one attached hydrogen (secondary N) is 1. The van der Waals surface area contributed by atoms with Gasteiger partial charge in [-0.2, -0.15) is 5.10 Å². The van der Waals surface area contributed by atoms with E-state index in [1.807, 2.05) is 0 Å². The summed E-state index contributed by atoms with van der Waals surface area (Å²) in [6.07, 6.45) is 3.11. The fourth-order valence-electron chi connectivity index (χ4n) is 1.03. The van der Waals surface area contributed by atoms with Gasteiger partial charge in [-0.25, -0.2) is 14.8 Å². The van der Waals surface area contributed by atoms with Crippen molar-refractivity contribution in [1.82, 2.24) is 20.2 Å². The van der Waals surface area contributed by atoms with Gasteiger partial charge in [0.25, 0.3) is 0 Å². The van der Waals surface area contributed by atoms with Gasteiger partial charge in [0, 0.05) is 6.20 Å². The second kappa shape index (κ2) is 3.41. The van der Waals surface area contributed by atoms with E-state index in [0.717, 1.165) is 5.39 Å². The number of fused-ring (bicyclic) bond motifs is 1. The van der Waals surface area contributed by atoms with Crippen molar-refractivity contribution in [2.45, 2.75) is 6.92 Å². The zero-order valence-electron chi connectivity index (χ0n) is 7.52. The molecule has 2 heterocycles. The fourth-order valence-corrected chi connectivity index (χ4v) is 1.03. The number of hydrogen-bond acceptors (Lipinski definition) is 5. The van der Waals surface area contributed by atoms with E-state index in [-0.39, 0.29) is 5.82 Å². The molecule has 0 aliphatic carbocycles. The van der Waals surface area contributed by atoms with Gasteiger partial charge in [0.15, 0.2) is 5.65 Å². The molecule has 0 bridgehead atoms. The number of carbonyl (C=O) groups excluding carboxylic acids is 1. The number of hydrogen-bond donors (Lipinski definition) is 1. The van der Waals surface area contributed by atoms with Crippen LogP contribution in [0.25, 0.3) is 11.0 Å². The van der Waals surface area contributed by atoms with Crippen LogP contribution in [0, 0.1) is 0 Å². The van der Waals surface area contributed by atoms with E-state index in [1.165, 1.54) is 6.20 Å². The van der Waals surface area contributed by atoms with Crippen molar-refractivity contribution in [2.24, 2.45) is 0 Å². The molecule has 2 aromatic heterocycles. The lowest BCUT2D eigenvalue weighted by molar-refractivity contribution is 0.0512. The average Bonchev–Trinajstić information content (AvgIpc) is 2.64. The topological polar surface area (TPSA) is 80.8 Å². The Labute approximate surface area is 79.3 Å². The molecule has 0 radical (unpaired) electrons. The minimum absolute atomic E-state index is 0.0450. The van der Waals surface area contributed by atoms with Crippen molar-refractivity contribution in [3.8, 4) is 0 Å². The Morgan fingerprint density at radius 1 is 1.57 bits per heavy atom. The van der Waals surface area contributed by atoms with Crippen LogP contribution in [0.5, 0.6) is 0 Å². The van der Waals surface area contributed by atoms with Crippen molar-refractivity contribution in [1.29, 1.82) is 0 Å². The summed E-state index contributed by atoms with van der Waals surface area (Å²) in [5.74, 6) is -0.479. The first-order chi connectivity index (χ1) is 6.81. The molecule has 0 amide bonds. The molecule has 1 N–H and O–H groups in total. The number of aromatic amines is 1. The lowest BCUT2D eigenvalue weighted by Gasteiger charge is -1.98. The van der Waals surface area contributed by atoms with Crippen LogP contribution in [0.1, 0.15) is 17.5 Å². The van der Waals surface area contributed by atoms with Gasteiger partial charge in [0.2, 0.25) is 5.82 Å². The smallest absolute Gasteiger partial charge is 0.376 e. The Bertz CT molecular complexity index is 465. The van der Waals surface area contributed by atoms with Gasteiger partial charge < -0.3 is 4.74 Å². The van der Waals surface area contributed by atoms with Crippen LogP contribution < -0.4 is 0 Å². The van der Waals surface area contributed by atoms with Crippen LogP contribution >= 0.6 is 0 Å². The predicted octanol–water partition coefficient (Wildman–Crippen LogP) is 0.530. The molecular formula is C8H8N4O2. The maximum Gasteiger partial charge on any atom is 0.376 e. The molecule has 0 fully saturated rings. The Balaban J connectivity index is 2.38. The zero-order valence-corrected chi connectivity index (χ0v) is 7.52. The number of ether oxygens (including phenoxy) is 1. The van der Waals surface area contributed by atoms with Gasteiger partial charge in [0.05, 0.1) is 18.2 Å². The Morgan fingerprint density at radius 3 is 3.21 bits per heavy atom. The highest BCUT2D eigenvalue weighted by Crippen LogP contribution is 2.05. The van der Waals surface area contributed by atoms with Gasteiger partial charge in [-0.1, -0.05) is 0 Å². The summed E-state index contributed by atoms with van der Waals surface area (Å²) in [4.78, 5) is 19.0. The number of esters is 1. The van der Waals surface area contributed by atoms with E-state index in [0.29, 0.717) is 12.3 Å². The van der Waals surface area contributed by atoms with Crippen LogP contribution in [-0.2, 0) is 4.74 Å². The second-order valence-electron chi connectivity index (χ2n) is 2.59. The van der Waals surface area contributed by atoms with E-state index in [4.69, 9.17) is 4.74 Å². The highest BCUT2D eigenvalue weighted by atomic mass is 16.5. The minimum atomic E-state index is -0.524. The van der Waals surface area contributed by atoms with E-state index < -0.39 is 5.97 Å². The Kier molecular flexibility index (Phi) is 2.10. The molecular weight excluding hydrogens is 184 g/mol. The van der Waals surface area contributed by atoms with Crippen molar-refractivity contribution >= 4 is 17.0 Å². The third-order valence-electron chi connectivity index (χ3n) is 1.65. The summed E-state index contributed by atoms with van der Waals surface area (Å²) in [5.41, 5.74) is 0.531. The van der Waals surface area contributed by atoms with E-state index >= 15 is 0 Å². The lowest BCUT2D eigenvalue weighted by Crippen LogP contribution is -2.09. The molecule has 6 heteroatoms. The SMILES string of the molecule is CCOC(=O)c1ncc2cn[nH]c2n1. The first kappa shape index (κ1) is 8.61. The zero-order chi connectivity index (χ0) is 9.97. The highest BCUT2D eigenvalue weighted by molar-refractivity contribution is 5.87. The summed E-state index contributed by atoms with van der Waals surface area (Å²) < 4.78 is 4.76. The first-order valence-electron chi connectivity index (χ1n) is 4.14. The Hall–Kier alpha value is -1.98. The van der Waals surface area contributed by atoms with Crippen molar-refractivity contribution in [3.05, 3.63) is 18.2 Å². The first-order valence-corrected chi connectivity index (χ1v) is 4.14. The van der Waals surface area contributed by atoms with E-state index in [9.17, 15) is 4.79 Å². The standard InChI is InChI=1S/C8H8N4O2/c1-2-14-8(13)7-9-3-5-4-10-12-6(5)11-7/h3-4H,2H2,1H3,(H,9,10,11,12). The molecule has 0 atom stereocenters. The second-order valence-corrected chi connectivity index (χ2v) is 2.59. The number of aromatic nitrogens is 4. The van der Waals surface area contributed by atoms with Crippen LogP contribution in [0.15, 0.2) is 12.4 Å². The summed E-state index contributed by atoms with van der Waals surface area (Å²) in [5, 5.41) is 7.18. The molecule has 0 aliphatic heterocycles. The van der Waals surface area contributed by atoms with Crippen LogP contribution in [-0.4, -0.2) is 32.7 Å². The predicted molar refractivity (Wildman–Crippen MR) is 47.6 cm³/mol. The number of rotatable bonds is 2. The third kappa shape index (κ3) is 1.41. The normalized spacial score (nSPS) is 10.4. The monoisotopic (exact) mass is 192 g/mol. The fraction of sp³-hybridized carbons (Fsp3) is 0.250. The quantitative estimate of drug-likeness (QED) is 0.702. The molecule has 14 heavy (non-hydrogen) atoms. The molecule has 2 rings (SSSR count). The minimum Gasteiger partial charge on any atom is -0.460 e. The van der Waals surface area contributed by atoms with E-state index in [1.54, 1.807) is 13.1 Å². The molecule has 0 spiro atoms. The van der Waals surface area contributed by atoms with Gasteiger partial charge in [-0.15, -0.1) is 0 Å². The van der Waals surface area contributed by atoms with Gasteiger partial charge in [0.1, 0.15) is 0 Å². The molecule has 72 valence electrons. The maximum atomic E-state index is 11.2. The van der Waals surface area contributed by atoms with E-state index in [2.05, 4.69) is 20.2 Å². The summed E-state index contributed by atoms with van der Waals surface area (Å²) in [6, 6.07) is 0. The van der Waals surface area contributed by atoms with Crippen LogP contribution in [0.4, 0.5) is 0 Å². The Morgan fingerprint density at radius 2 is 2.43 bits per heavy atom. The number of nitrogens with zero attached hydrogens (tertiary/aromatic N) is 3. The largest absolute Gasteiger partial charge is 0.460 e. The lowest BCUT2D eigenvalue weighted by atomic mass is 10.4. The third-order valence-corrected chi connectivity index (χ3v) is 1.65. The van der Waals surface area contributed by atoms with Gasteiger partial charge in [-0.05, 0) is 6.92 Å². The maximum absolute atomic E-state index is 11.2. The molecule has 0 saturated carbocycles. The average molecular weight is 192 g/mol. The molecule has 6 nitrogen and oxygen atoms in total. The summed E-state index contributed by atoms with van der Waals surface area (Å²) >= 11 is 0. The molecule has 0 aromatic carbocycles. The van der Waals surface area contributed by atoms with Gasteiger partial charge in [-0.3, -0.25) is 5.10 Å². The summed E-state index contributed by atoms with van der Waals surface area (Å²) in [7, 11) is 0. The molecule has 0 aliphatic rings. The van der Waals surface area contributed by atoms with Crippen LogP contribution in [0.3, 0.4) is 0 Å². The van der Waals surface area contributed by atoms with Gasteiger partial charge >= 0.3 is 5.97 Å².